The molecule has 2 aromatic heterocycles. The highest BCUT2D eigenvalue weighted by Gasteiger charge is 2.34. The van der Waals surface area contributed by atoms with Crippen molar-refractivity contribution in [2.45, 2.75) is 13.0 Å². The number of para-hydroxylation sites is 1. The molecule has 0 unspecified atom stereocenters. The Kier molecular flexibility index (Phi) is 8.18. The molecule has 1 aliphatic rings. The zero-order chi connectivity index (χ0) is 31.0. The van der Waals surface area contributed by atoms with Gasteiger partial charge in [-0.25, -0.2) is 4.99 Å². The summed E-state index contributed by atoms with van der Waals surface area (Å²) in [6.07, 6.45) is 1.65. The van der Waals surface area contributed by atoms with Gasteiger partial charge in [-0.1, -0.05) is 58.8 Å². The largest absolute Gasteiger partial charge is 0.497 e. The lowest BCUT2D eigenvalue weighted by atomic mass is 9.94. The Labute approximate surface area is 266 Å². The van der Waals surface area contributed by atoms with Crippen molar-refractivity contribution in [2.24, 2.45) is 4.99 Å². The molecule has 1 amide bonds. The molecular formula is C33H25Cl2N3O5S. The molecule has 0 radical (unpaired) electrons. The summed E-state index contributed by atoms with van der Waals surface area (Å²) in [4.78, 5) is 33.1. The van der Waals surface area contributed by atoms with Crippen LogP contribution in [0.1, 0.15) is 24.3 Å². The number of amides is 1. The van der Waals surface area contributed by atoms with Gasteiger partial charge in [-0.2, -0.15) is 0 Å². The van der Waals surface area contributed by atoms with Gasteiger partial charge in [0.1, 0.15) is 29.1 Å². The maximum atomic E-state index is 14.1. The molecule has 1 N–H and O–H groups in total. The van der Waals surface area contributed by atoms with Gasteiger partial charge in [0.05, 0.1) is 40.1 Å². The summed E-state index contributed by atoms with van der Waals surface area (Å²) in [5, 5.41) is 3.73. The first-order chi connectivity index (χ1) is 21.3. The monoisotopic (exact) mass is 645 g/mol. The van der Waals surface area contributed by atoms with Gasteiger partial charge in [0.15, 0.2) is 4.80 Å². The highest BCUT2D eigenvalue weighted by molar-refractivity contribution is 7.07. The maximum absolute atomic E-state index is 14.1. The van der Waals surface area contributed by atoms with Gasteiger partial charge in [0, 0.05) is 29.0 Å². The van der Waals surface area contributed by atoms with Crippen LogP contribution in [-0.4, -0.2) is 24.7 Å². The minimum absolute atomic E-state index is 0.312. The first-order valence-corrected chi connectivity index (χ1v) is 15.0. The van der Waals surface area contributed by atoms with Gasteiger partial charge in [-0.3, -0.25) is 14.2 Å². The van der Waals surface area contributed by atoms with E-state index in [1.165, 1.54) is 23.0 Å². The fourth-order valence-corrected chi connectivity index (χ4v) is 6.49. The molecule has 222 valence electrons. The number of anilines is 1. The molecule has 1 atom stereocenters. The van der Waals surface area contributed by atoms with Crippen LogP contribution < -0.4 is 29.7 Å². The third kappa shape index (κ3) is 5.45. The second kappa shape index (κ2) is 12.2. The van der Waals surface area contributed by atoms with Crippen molar-refractivity contribution in [3.8, 4) is 22.8 Å². The van der Waals surface area contributed by atoms with Crippen molar-refractivity contribution in [1.29, 1.82) is 0 Å². The minimum Gasteiger partial charge on any atom is -0.497 e. The molecule has 0 aliphatic carbocycles. The number of nitrogens with one attached hydrogen (secondary N) is 1. The number of carbonyl (C=O) groups is 1. The first-order valence-electron chi connectivity index (χ1n) is 13.4. The minimum atomic E-state index is -0.838. The number of aromatic nitrogens is 1. The van der Waals surface area contributed by atoms with Crippen LogP contribution in [0.25, 0.3) is 17.4 Å². The second-order valence-corrected chi connectivity index (χ2v) is 11.6. The van der Waals surface area contributed by atoms with E-state index in [1.807, 2.05) is 18.2 Å². The third-order valence-electron chi connectivity index (χ3n) is 7.15. The van der Waals surface area contributed by atoms with Crippen LogP contribution in [0.15, 0.2) is 104 Å². The quantitative estimate of drug-likeness (QED) is 0.219. The second-order valence-electron chi connectivity index (χ2n) is 9.81. The van der Waals surface area contributed by atoms with E-state index in [0.717, 1.165) is 0 Å². The highest BCUT2D eigenvalue weighted by atomic mass is 35.5. The molecule has 0 bridgehead atoms. The number of hydrogen-bond donors (Lipinski definition) is 1. The average Bonchev–Trinajstić information content (AvgIpc) is 3.61. The molecule has 0 saturated carbocycles. The van der Waals surface area contributed by atoms with Gasteiger partial charge < -0.3 is 19.2 Å². The molecule has 0 fully saturated rings. The van der Waals surface area contributed by atoms with E-state index in [0.29, 0.717) is 70.5 Å². The van der Waals surface area contributed by atoms with Crippen LogP contribution >= 0.6 is 34.5 Å². The first kappa shape index (κ1) is 29.5. The van der Waals surface area contributed by atoms with Crippen molar-refractivity contribution in [3.05, 3.63) is 131 Å². The molecule has 11 heteroatoms. The molecule has 1 aliphatic heterocycles. The fourth-order valence-electron chi connectivity index (χ4n) is 5.07. The lowest BCUT2D eigenvalue weighted by molar-refractivity contribution is -0.113. The van der Waals surface area contributed by atoms with Crippen molar-refractivity contribution in [3.63, 3.8) is 0 Å². The van der Waals surface area contributed by atoms with Gasteiger partial charge in [0.2, 0.25) is 0 Å². The molecule has 44 heavy (non-hydrogen) atoms. The van der Waals surface area contributed by atoms with Crippen LogP contribution in [0.2, 0.25) is 10.0 Å². The molecule has 3 aromatic carbocycles. The molecule has 0 spiro atoms. The van der Waals surface area contributed by atoms with Gasteiger partial charge in [-0.05, 0) is 55.5 Å². The summed E-state index contributed by atoms with van der Waals surface area (Å²) in [6.45, 7) is 1.76. The lowest BCUT2D eigenvalue weighted by Gasteiger charge is -2.26. The van der Waals surface area contributed by atoms with Crippen molar-refractivity contribution < 1.29 is 18.7 Å². The van der Waals surface area contributed by atoms with Crippen LogP contribution in [0.3, 0.4) is 0 Å². The Morgan fingerprint density at radius 3 is 2.57 bits per heavy atom. The SMILES string of the molecule is COc1ccc([C@H]2C(C(=O)Nc3ccccc3)=C(C)N=c3s/c(=C\c4ccc(-c5cccc(Cl)c5Cl)o4)c(=O)n32)c(OC)c1. The van der Waals surface area contributed by atoms with Crippen molar-refractivity contribution in [1.82, 2.24) is 4.57 Å². The number of methoxy groups -OCH3 is 2. The number of hydrogen-bond acceptors (Lipinski definition) is 7. The van der Waals surface area contributed by atoms with Crippen molar-refractivity contribution in [2.75, 3.05) is 19.5 Å². The third-order valence-corrected chi connectivity index (χ3v) is 8.95. The number of carbonyl (C=O) groups excluding carboxylic acids is 1. The summed E-state index contributed by atoms with van der Waals surface area (Å²) < 4.78 is 19.0. The highest BCUT2D eigenvalue weighted by Crippen LogP contribution is 2.38. The van der Waals surface area contributed by atoms with Crippen molar-refractivity contribution >= 4 is 52.2 Å². The summed E-state index contributed by atoms with van der Waals surface area (Å²) in [6, 6.07) is 22.3. The number of thiazole rings is 1. The van der Waals surface area contributed by atoms with Crippen LogP contribution in [0.4, 0.5) is 5.69 Å². The number of nitrogens with zero attached hydrogens (tertiary/aromatic N) is 2. The fraction of sp³-hybridized carbons (Fsp3) is 0.121. The van der Waals surface area contributed by atoms with E-state index in [4.69, 9.17) is 42.1 Å². The summed E-state index contributed by atoms with van der Waals surface area (Å²) in [5.74, 6) is 1.59. The summed E-state index contributed by atoms with van der Waals surface area (Å²) in [5.41, 5.74) is 2.30. The number of halogens is 2. The van der Waals surface area contributed by atoms with E-state index in [2.05, 4.69) is 5.32 Å². The number of furan rings is 1. The van der Waals surface area contributed by atoms with Crippen LogP contribution in [-0.2, 0) is 4.79 Å². The predicted octanol–water partition coefficient (Wildman–Crippen LogP) is 6.46. The number of ether oxygens (including phenoxy) is 2. The smallest absolute Gasteiger partial charge is 0.271 e. The Hall–Kier alpha value is -4.57. The molecule has 3 heterocycles. The summed E-state index contributed by atoms with van der Waals surface area (Å²) >= 11 is 13.8. The van der Waals surface area contributed by atoms with E-state index < -0.39 is 6.04 Å². The predicted molar refractivity (Wildman–Crippen MR) is 173 cm³/mol. The summed E-state index contributed by atoms with van der Waals surface area (Å²) in [7, 11) is 3.09. The Morgan fingerprint density at radius 1 is 1.02 bits per heavy atom. The molecule has 8 nitrogen and oxygen atoms in total. The Morgan fingerprint density at radius 2 is 1.82 bits per heavy atom. The number of allylic oxidation sites excluding steroid dienone is 1. The number of fused-ring (bicyclic) bond motifs is 1. The zero-order valence-electron chi connectivity index (χ0n) is 23.8. The average molecular weight is 647 g/mol. The van der Waals surface area contributed by atoms with E-state index >= 15 is 0 Å². The van der Waals surface area contributed by atoms with Crippen LogP contribution in [0.5, 0.6) is 11.5 Å². The Balaban J connectivity index is 1.49. The zero-order valence-corrected chi connectivity index (χ0v) is 26.1. The normalized spacial score (nSPS) is 14.7. The van der Waals surface area contributed by atoms with Gasteiger partial charge in [-0.15, -0.1) is 0 Å². The molecule has 5 aromatic rings. The van der Waals surface area contributed by atoms with E-state index in [9.17, 15) is 9.59 Å². The maximum Gasteiger partial charge on any atom is 0.271 e. The molecule has 0 saturated heterocycles. The topological polar surface area (TPSA) is 95.1 Å². The van der Waals surface area contributed by atoms with E-state index in [-0.39, 0.29) is 11.5 Å². The number of benzene rings is 3. The lowest BCUT2D eigenvalue weighted by Crippen LogP contribution is -2.40. The van der Waals surface area contributed by atoms with Gasteiger partial charge in [0.25, 0.3) is 11.5 Å². The standard InChI is InChI=1S/C33H25Cl2N3O5S/c1-18-28(31(39)37-19-8-5-4-6-9-19)30(23-14-12-20(41-2)16-26(23)42-3)38-32(40)27(44-33(38)36-18)17-21-13-15-25(43-21)22-10-7-11-24(34)29(22)35/h4-17,30H,1-3H3,(H,37,39)/b27-17-/t30-/m0/s1. The number of rotatable bonds is 7. The van der Waals surface area contributed by atoms with Crippen LogP contribution in [0, 0.1) is 0 Å². The van der Waals surface area contributed by atoms with Gasteiger partial charge >= 0.3 is 0 Å². The molecular weight excluding hydrogens is 621 g/mol. The molecule has 6 rings (SSSR count). The Bertz CT molecular complexity index is 2110. The van der Waals surface area contributed by atoms with E-state index in [1.54, 1.807) is 80.8 Å².